The maximum atomic E-state index is 2.37. The quantitative estimate of drug-likeness (QED) is 0.419. The summed E-state index contributed by atoms with van der Waals surface area (Å²) in [6.45, 7) is 2.00. The second-order valence-electron chi connectivity index (χ2n) is 5.91. The van der Waals surface area contributed by atoms with Crippen molar-refractivity contribution in [3.63, 3.8) is 0 Å². The van der Waals surface area contributed by atoms with Crippen LogP contribution >= 0.6 is 0 Å². The van der Waals surface area contributed by atoms with Crippen molar-refractivity contribution in [2.75, 3.05) is 0 Å². The van der Waals surface area contributed by atoms with Crippen molar-refractivity contribution in [2.45, 2.75) is 45.4 Å². The molecular weight excluding hydrogens is 288 g/mol. The van der Waals surface area contributed by atoms with E-state index in [9.17, 15) is 0 Å². The first-order valence-electron chi connectivity index (χ1n) is 8.20. The molecule has 0 nitrogen and oxygen atoms in total. The predicted octanol–water partition coefficient (Wildman–Crippen LogP) is 5.33. The Balaban J connectivity index is 0.000000130. The molecule has 0 heterocycles. The average molecular weight is 314 g/mol. The SMILES string of the molecule is C1=CCC2CC[CH-]C2=C1.C1=CCC2CC[CH-]C2=C1.C[CH]=[Ti+2]. The molecule has 0 aliphatic heterocycles. The molecule has 4 aliphatic carbocycles. The van der Waals surface area contributed by atoms with Gasteiger partial charge < -0.3 is 0 Å². The minimum atomic E-state index is 0.884. The van der Waals surface area contributed by atoms with E-state index in [1.54, 1.807) is 11.1 Å². The monoisotopic (exact) mass is 314 g/mol. The van der Waals surface area contributed by atoms with Crippen LogP contribution in [0.25, 0.3) is 0 Å². The molecule has 0 aromatic rings. The molecule has 2 saturated carbocycles. The fraction of sp³-hybridized carbons (Fsp3) is 0.450. The normalized spacial score (nSPS) is 27.4. The standard InChI is InChI=1S/2C9H11.C2H4.Ti/c2*1-2-5-9-7-3-6-8(9)4-1;1-2;/h2*1-2,4,6,9H,3,5,7H2;1H,2H3;/q2*-1;;+2. The topological polar surface area (TPSA) is 0 Å². The van der Waals surface area contributed by atoms with E-state index < -0.39 is 0 Å². The van der Waals surface area contributed by atoms with Gasteiger partial charge in [0, 0.05) is 0 Å². The molecule has 2 fully saturated rings. The van der Waals surface area contributed by atoms with Crippen molar-refractivity contribution < 1.29 is 20.0 Å². The van der Waals surface area contributed by atoms with Gasteiger partial charge in [-0.2, -0.15) is 0 Å². The fourth-order valence-corrected chi connectivity index (χ4v) is 3.33. The Hall–Kier alpha value is -0.716. The predicted molar refractivity (Wildman–Crippen MR) is 89.5 cm³/mol. The van der Waals surface area contributed by atoms with Crippen LogP contribution in [0.2, 0.25) is 0 Å². The number of hydrogen-bond donors (Lipinski definition) is 0. The molecule has 4 aliphatic rings. The van der Waals surface area contributed by atoms with Gasteiger partial charge in [-0.05, 0) is 24.7 Å². The Morgan fingerprint density at radius 1 is 0.952 bits per heavy atom. The van der Waals surface area contributed by atoms with Crippen LogP contribution < -0.4 is 0 Å². The van der Waals surface area contributed by atoms with Crippen molar-refractivity contribution in [2.24, 2.45) is 11.8 Å². The van der Waals surface area contributed by atoms with Gasteiger partial charge in [0.1, 0.15) is 0 Å². The van der Waals surface area contributed by atoms with Crippen LogP contribution in [0, 0.1) is 24.7 Å². The maximum absolute atomic E-state index is 2.37. The van der Waals surface area contributed by atoms with Gasteiger partial charge in [0.25, 0.3) is 0 Å². The molecule has 0 aromatic carbocycles. The Labute approximate surface area is 142 Å². The third-order valence-corrected chi connectivity index (χ3v) is 4.42. The molecule has 1 heteroatoms. The molecule has 2 unspecified atom stereocenters. The Kier molecular flexibility index (Phi) is 7.40. The van der Waals surface area contributed by atoms with E-state index in [2.05, 4.69) is 49.3 Å². The van der Waals surface area contributed by atoms with E-state index in [1.165, 1.54) is 38.5 Å². The van der Waals surface area contributed by atoms with E-state index in [0.717, 1.165) is 11.8 Å². The third kappa shape index (κ3) is 5.20. The molecule has 0 N–H and O–H groups in total. The van der Waals surface area contributed by atoms with Crippen molar-refractivity contribution in [1.29, 1.82) is 0 Å². The van der Waals surface area contributed by atoms with Crippen LogP contribution in [-0.2, 0) is 20.0 Å². The van der Waals surface area contributed by atoms with Crippen LogP contribution in [0.15, 0.2) is 47.6 Å². The molecule has 0 aromatic heterocycles. The fourth-order valence-electron chi connectivity index (χ4n) is 3.33. The molecular formula is C20H26Ti. The van der Waals surface area contributed by atoms with E-state index in [0.29, 0.717) is 0 Å². The van der Waals surface area contributed by atoms with Crippen LogP contribution in [0.4, 0.5) is 0 Å². The number of allylic oxidation sites excluding steroid dienone is 8. The van der Waals surface area contributed by atoms with Gasteiger partial charge >= 0.3 is 31.2 Å². The van der Waals surface area contributed by atoms with Crippen LogP contribution in [-0.4, -0.2) is 4.31 Å². The van der Waals surface area contributed by atoms with Gasteiger partial charge in [-0.15, -0.1) is 37.1 Å². The number of hydrogen-bond acceptors (Lipinski definition) is 0. The molecule has 4 rings (SSSR count). The molecule has 0 spiro atoms. The van der Waals surface area contributed by atoms with Crippen LogP contribution in [0.1, 0.15) is 45.4 Å². The summed E-state index contributed by atoms with van der Waals surface area (Å²) in [6.07, 6.45) is 26.1. The Morgan fingerprint density at radius 2 is 1.38 bits per heavy atom. The number of fused-ring (bicyclic) bond motifs is 2. The van der Waals surface area contributed by atoms with E-state index in [-0.39, 0.29) is 0 Å². The summed E-state index contributed by atoms with van der Waals surface area (Å²) >= 11 is 2.00. The summed E-state index contributed by atoms with van der Waals surface area (Å²) in [5, 5.41) is 0. The zero-order valence-corrected chi connectivity index (χ0v) is 14.7. The molecule has 0 amide bonds. The zero-order valence-electron chi connectivity index (χ0n) is 13.1. The van der Waals surface area contributed by atoms with Crippen molar-refractivity contribution in [1.82, 2.24) is 0 Å². The average Bonchev–Trinajstić information content (AvgIpc) is 3.17. The summed E-state index contributed by atoms with van der Waals surface area (Å²) in [7, 11) is 0. The molecule has 2 atom stereocenters. The van der Waals surface area contributed by atoms with Crippen LogP contribution in [0.3, 0.4) is 0 Å². The van der Waals surface area contributed by atoms with Crippen molar-refractivity contribution in [3.8, 4) is 0 Å². The van der Waals surface area contributed by atoms with Crippen molar-refractivity contribution >= 4 is 4.31 Å². The van der Waals surface area contributed by atoms with Crippen molar-refractivity contribution in [3.05, 3.63) is 60.4 Å². The molecule has 0 bridgehead atoms. The van der Waals surface area contributed by atoms with Crippen LogP contribution in [0.5, 0.6) is 0 Å². The minimum absolute atomic E-state index is 0.884. The van der Waals surface area contributed by atoms with Gasteiger partial charge in [-0.25, -0.2) is 36.1 Å². The summed E-state index contributed by atoms with van der Waals surface area (Å²) in [5.74, 6) is 1.77. The van der Waals surface area contributed by atoms with Gasteiger partial charge in [0.2, 0.25) is 0 Å². The third-order valence-electron chi connectivity index (χ3n) is 4.42. The van der Waals surface area contributed by atoms with Gasteiger partial charge in [0.05, 0.1) is 0 Å². The summed E-state index contributed by atoms with van der Waals surface area (Å²) < 4.78 is 2.00. The Morgan fingerprint density at radius 3 is 1.76 bits per heavy atom. The van der Waals surface area contributed by atoms with Gasteiger partial charge in [-0.1, -0.05) is 12.8 Å². The van der Waals surface area contributed by atoms with E-state index in [1.807, 2.05) is 31.2 Å². The zero-order chi connectivity index (χ0) is 14.9. The summed E-state index contributed by atoms with van der Waals surface area (Å²) in [6, 6.07) is 0. The number of rotatable bonds is 0. The Bertz CT molecular complexity index is 410. The first-order valence-corrected chi connectivity index (χ1v) is 9.10. The van der Waals surface area contributed by atoms with E-state index >= 15 is 0 Å². The second kappa shape index (κ2) is 9.33. The summed E-state index contributed by atoms with van der Waals surface area (Å²) in [5.41, 5.74) is 3.16. The summed E-state index contributed by atoms with van der Waals surface area (Å²) in [4.78, 5) is 0. The molecule has 0 saturated heterocycles. The molecule has 21 heavy (non-hydrogen) atoms. The first kappa shape index (κ1) is 16.7. The second-order valence-corrected chi connectivity index (χ2v) is 6.81. The van der Waals surface area contributed by atoms with Gasteiger partial charge in [-0.3, -0.25) is 0 Å². The van der Waals surface area contributed by atoms with Gasteiger partial charge in [0.15, 0.2) is 0 Å². The molecule has 0 radical (unpaired) electrons. The molecule has 110 valence electrons. The van der Waals surface area contributed by atoms with E-state index in [4.69, 9.17) is 0 Å². The first-order chi connectivity index (χ1) is 10.3.